The van der Waals surface area contributed by atoms with Gasteiger partial charge in [0.15, 0.2) is 0 Å². The Kier molecular flexibility index (Phi) is 3.34. The lowest BCUT2D eigenvalue weighted by molar-refractivity contribution is 0.0979. The van der Waals surface area contributed by atoms with Gasteiger partial charge in [-0.2, -0.15) is 0 Å². The average Bonchev–Trinajstić information content (AvgIpc) is 3.08. The number of rotatable bonds is 4. The number of carbonyl (C=O) groups is 1. The van der Waals surface area contributed by atoms with E-state index in [1.54, 1.807) is 13.8 Å². The molecule has 6 nitrogen and oxygen atoms in total. The van der Waals surface area contributed by atoms with Crippen LogP contribution in [0.1, 0.15) is 48.1 Å². The SMILES string of the molecule is CCC1(S(=O)(=O)NC(=O)c2cnc(C)nc2C)CC1. The topological polar surface area (TPSA) is 89.0 Å². The molecule has 1 aliphatic rings. The van der Waals surface area contributed by atoms with E-state index in [4.69, 9.17) is 0 Å². The van der Waals surface area contributed by atoms with Gasteiger partial charge in [-0.1, -0.05) is 6.92 Å². The second-order valence-corrected chi connectivity index (χ2v) is 6.96. The van der Waals surface area contributed by atoms with Crippen LogP contribution >= 0.6 is 0 Å². The molecule has 0 aromatic carbocycles. The fourth-order valence-corrected chi connectivity index (χ4v) is 3.63. The Labute approximate surface area is 112 Å². The average molecular weight is 283 g/mol. The molecular formula is C12H17N3O3S. The minimum absolute atomic E-state index is 0.195. The number of nitrogens with one attached hydrogen (secondary N) is 1. The molecule has 19 heavy (non-hydrogen) atoms. The molecule has 7 heteroatoms. The molecule has 1 aliphatic carbocycles. The van der Waals surface area contributed by atoms with E-state index in [9.17, 15) is 13.2 Å². The number of carbonyl (C=O) groups excluding carboxylic acids is 1. The maximum Gasteiger partial charge on any atom is 0.268 e. The van der Waals surface area contributed by atoms with Gasteiger partial charge < -0.3 is 0 Å². The Morgan fingerprint density at radius 2 is 2.05 bits per heavy atom. The Balaban J connectivity index is 2.22. The third kappa shape index (κ3) is 2.47. The zero-order chi connectivity index (χ0) is 14.3. The number of hydrogen-bond donors (Lipinski definition) is 1. The summed E-state index contributed by atoms with van der Waals surface area (Å²) < 4.78 is 25.6. The Morgan fingerprint density at radius 3 is 2.53 bits per heavy atom. The molecule has 1 saturated carbocycles. The zero-order valence-electron chi connectivity index (χ0n) is 11.2. The Hall–Kier alpha value is -1.50. The second-order valence-electron chi connectivity index (χ2n) is 4.89. The van der Waals surface area contributed by atoms with E-state index in [1.165, 1.54) is 6.20 Å². The normalized spacial score (nSPS) is 17.0. The van der Waals surface area contributed by atoms with E-state index in [2.05, 4.69) is 14.7 Å². The smallest absolute Gasteiger partial charge is 0.268 e. The first-order chi connectivity index (χ1) is 8.81. The lowest BCUT2D eigenvalue weighted by atomic mass is 10.2. The van der Waals surface area contributed by atoms with Crippen LogP contribution in [0.5, 0.6) is 0 Å². The predicted octanol–water partition coefficient (Wildman–Crippen LogP) is 1.10. The maximum absolute atomic E-state index is 12.1. The van der Waals surface area contributed by atoms with Crippen LogP contribution < -0.4 is 4.72 Å². The van der Waals surface area contributed by atoms with Crippen molar-refractivity contribution < 1.29 is 13.2 Å². The standard InChI is InChI=1S/C12H17N3O3S/c1-4-12(5-6-12)19(17,18)15-11(16)10-7-13-9(3)14-8(10)2/h7H,4-6H2,1-3H3,(H,15,16). The molecular weight excluding hydrogens is 266 g/mol. The zero-order valence-corrected chi connectivity index (χ0v) is 12.0. The van der Waals surface area contributed by atoms with Gasteiger partial charge in [0.25, 0.3) is 5.91 Å². The van der Waals surface area contributed by atoms with Gasteiger partial charge in [0, 0.05) is 6.20 Å². The highest BCUT2D eigenvalue weighted by atomic mass is 32.2. The van der Waals surface area contributed by atoms with Gasteiger partial charge in [0.05, 0.1) is 16.0 Å². The summed E-state index contributed by atoms with van der Waals surface area (Å²) in [6.07, 6.45) is 3.08. The molecule has 0 unspecified atom stereocenters. The Morgan fingerprint density at radius 1 is 1.42 bits per heavy atom. The monoisotopic (exact) mass is 283 g/mol. The van der Waals surface area contributed by atoms with Gasteiger partial charge in [0.2, 0.25) is 10.0 Å². The molecule has 1 aromatic heterocycles. The molecule has 1 N–H and O–H groups in total. The van der Waals surface area contributed by atoms with Gasteiger partial charge in [-0.15, -0.1) is 0 Å². The van der Waals surface area contributed by atoms with E-state index in [0.717, 1.165) is 0 Å². The lowest BCUT2D eigenvalue weighted by Gasteiger charge is -2.15. The van der Waals surface area contributed by atoms with Crippen molar-refractivity contribution in [3.05, 3.63) is 23.3 Å². The van der Waals surface area contributed by atoms with Crippen LogP contribution in [-0.2, 0) is 10.0 Å². The van der Waals surface area contributed by atoms with Crippen molar-refractivity contribution in [2.24, 2.45) is 0 Å². The van der Waals surface area contributed by atoms with Crippen LogP contribution in [0.15, 0.2) is 6.20 Å². The van der Waals surface area contributed by atoms with Crippen LogP contribution in [0.4, 0.5) is 0 Å². The largest absolute Gasteiger partial charge is 0.268 e. The number of nitrogens with zero attached hydrogens (tertiary/aromatic N) is 2. The van der Waals surface area contributed by atoms with Gasteiger partial charge >= 0.3 is 0 Å². The number of aromatic nitrogens is 2. The van der Waals surface area contributed by atoms with E-state index in [1.807, 2.05) is 6.92 Å². The predicted molar refractivity (Wildman–Crippen MR) is 70.1 cm³/mol. The molecule has 0 radical (unpaired) electrons. The highest BCUT2D eigenvalue weighted by Crippen LogP contribution is 2.45. The molecule has 0 atom stereocenters. The molecule has 0 spiro atoms. The lowest BCUT2D eigenvalue weighted by Crippen LogP contribution is -2.39. The Bertz CT molecular complexity index is 621. The van der Waals surface area contributed by atoms with E-state index < -0.39 is 20.7 Å². The molecule has 0 aliphatic heterocycles. The van der Waals surface area contributed by atoms with Crippen molar-refractivity contribution in [1.29, 1.82) is 0 Å². The number of sulfonamides is 1. The van der Waals surface area contributed by atoms with Crippen LogP contribution in [0.3, 0.4) is 0 Å². The van der Waals surface area contributed by atoms with Crippen LogP contribution in [-0.4, -0.2) is 29.0 Å². The highest BCUT2D eigenvalue weighted by molar-refractivity contribution is 7.91. The molecule has 1 fully saturated rings. The third-order valence-corrected chi connectivity index (χ3v) is 5.88. The van der Waals surface area contributed by atoms with Crippen molar-refractivity contribution in [2.45, 2.75) is 44.8 Å². The van der Waals surface area contributed by atoms with Crippen molar-refractivity contribution in [3.8, 4) is 0 Å². The van der Waals surface area contributed by atoms with E-state index in [-0.39, 0.29) is 5.56 Å². The molecule has 1 aromatic rings. The van der Waals surface area contributed by atoms with Crippen LogP contribution in [0, 0.1) is 13.8 Å². The van der Waals surface area contributed by atoms with Gasteiger partial charge in [-0.05, 0) is 33.1 Å². The van der Waals surface area contributed by atoms with Gasteiger partial charge in [-0.3, -0.25) is 4.79 Å². The maximum atomic E-state index is 12.1. The molecule has 104 valence electrons. The number of amides is 1. The molecule has 0 saturated heterocycles. The molecule has 1 amide bonds. The van der Waals surface area contributed by atoms with Crippen molar-refractivity contribution in [3.63, 3.8) is 0 Å². The summed E-state index contributed by atoms with van der Waals surface area (Å²) in [5, 5.41) is 0. The highest BCUT2D eigenvalue weighted by Gasteiger charge is 2.53. The van der Waals surface area contributed by atoms with Crippen molar-refractivity contribution >= 4 is 15.9 Å². The first kappa shape index (κ1) is 13.9. The van der Waals surface area contributed by atoms with E-state index in [0.29, 0.717) is 30.8 Å². The van der Waals surface area contributed by atoms with Crippen molar-refractivity contribution in [1.82, 2.24) is 14.7 Å². The number of aryl methyl sites for hydroxylation is 2. The fourth-order valence-electron chi connectivity index (χ4n) is 2.04. The summed E-state index contributed by atoms with van der Waals surface area (Å²) >= 11 is 0. The second kappa shape index (κ2) is 4.56. The van der Waals surface area contributed by atoms with Crippen LogP contribution in [0.2, 0.25) is 0 Å². The molecule has 2 rings (SSSR count). The summed E-state index contributed by atoms with van der Waals surface area (Å²) in [6, 6.07) is 0. The van der Waals surface area contributed by atoms with Crippen LogP contribution in [0.25, 0.3) is 0 Å². The molecule has 1 heterocycles. The third-order valence-electron chi connectivity index (χ3n) is 3.59. The van der Waals surface area contributed by atoms with Gasteiger partial charge in [-0.25, -0.2) is 23.1 Å². The summed E-state index contributed by atoms with van der Waals surface area (Å²) in [6.45, 7) is 5.18. The summed E-state index contributed by atoms with van der Waals surface area (Å²) in [5.41, 5.74) is 0.669. The first-order valence-corrected chi connectivity index (χ1v) is 7.66. The fraction of sp³-hybridized carbons (Fsp3) is 0.583. The summed E-state index contributed by atoms with van der Waals surface area (Å²) in [5.74, 6) is -0.110. The van der Waals surface area contributed by atoms with Crippen molar-refractivity contribution in [2.75, 3.05) is 0 Å². The van der Waals surface area contributed by atoms with Gasteiger partial charge in [0.1, 0.15) is 5.82 Å². The minimum atomic E-state index is -3.63. The quantitative estimate of drug-likeness (QED) is 0.893. The summed E-state index contributed by atoms with van der Waals surface area (Å²) in [4.78, 5) is 20.0. The summed E-state index contributed by atoms with van der Waals surface area (Å²) in [7, 11) is -3.63. The van der Waals surface area contributed by atoms with E-state index >= 15 is 0 Å². The number of hydrogen-bond acceptors (Lipinski definition) is 5. The molecule has 0 bridgehead atoms. The minimum Gasteiger partial charge on any atom is -0.268 e. The first-order valence-electron chi connectivity index (χ1n) is 6.18.